The van der Waals surface area contributed by atoms with Gasteiger partial charge >= 0.3 is 16.9 Å². The fourth-order valence-corrected chi connectivity index (χ4v) is 1.88. The van der Waals surface area contributed by atoms with Crippen molar-refractivity contribution >= 4 is 17.8 Å². The molecule has 8 nitrogen and oxygen atoms in total. The van der Waals surface area contributed by atoms with Crippen LogP contribution in [-0.2, 0) is 0 Å². The zero-order valence-electron chi connectivity index (χ0n) is 11.7. The van der Waals surface area contributed by atoms with Crippen molar-refractivity contribution in [3.05, 3.63) is 66.5 Å². The van der Waals surface area contributed by atoms with E-state index in [4.69, 9.17) is 4.74 Å². The second-order valence-corrected chi connectivity index (χ2v) is 4.23. The van der Waals surface area contributed by atoms with Crippen LogP contribution in [0.15, 0.2) is 33.9 Å². The van der Waals surface area contributed by atoms with Crippen LogP contribution < -0.4 is 16.0 Å². The second-order valence-electron chi connectivity index (χ2n) is 4.23. The van der Waals surface area contributed by atoms with Crippen molar-refractivity contribution in [2.24, 2.45) is 0 Å². The van der Waals surface area contributed by atoms with Crippen molar-refractivity contribution in [1.29, 1.82) is 0 Å². The van der Waals surface area contributed by atoms with Gasteiger partial charge in [-0.3, -0.25) is 19.9 Å². The molecule has 0 radical (unpaired) electrons. The van der Waals surface area contributed by atoms with Crippen LogP contribution in [0.2, 0.25) is 0 Å². The van der Waals surface area contributed by atoms with Gasteiger partial charge in [0, 0.05) is 5.56 Å². The third kappa shape index (κ3) is 3.29. The lowest BCUT2D eigenvalue weighted by Gasteiger charge is -2.06. The van der Waals surface area contributed by atoms with Crippen LogP contribution >= 0.6 is 0 Å². The van der Waals surface area contributed by atoms with E-state index in [1.54, 1.807) is 24.3 Å². The van der Waals surface area contributed by atoms with Gasteiger partial charge < -0.3 is 9.72 Å². The molecule has 2 aromatic rings. The van der Waals surface area contributed by atoms with E-state index < -0.39 is 21.9 Å². The lowest BCUT2D eigenvalue weighted by molar-refractivity contribution is -0.386. The number of rotatable bonds is 5. The quantitative estimate of drug-likeness (QED) is 0.641. The average molecular weight is 303 g/mol. The van der Waals surface area contributed by atoms with Crippen LogP contribution in [0.5, 0.6) is 5.75 Å². The zero-order chi connectivity index (χ0) is 16.1. The van der Waals surface area contributed by atoms with Gasteiger partial charge in [0.2, 0.25) is 0 Å². The molecule has 1 aromatic heterocycles. The number of nitrogens with zero attached hydrogens (tertiary/aromatic N) is 1. The molecule has 0 atom stereocenters. The van der Waals surface area contributed by atoms with Gasteiger partial charge in [-0.15, -0.1) is 0 Å². The molecule has 0 amide bonds. The molecule has 0 spiro atoms. The molecule has 1 heterocycles. The molecular weight excluding hydrogens is 290 g/mol. The summed E-state index contributed by atoms with van der Waals surface area (Å²) in [6.45, 7) is 2.30. The number of nitrogens with one attached hydrogen (secondary N) is 2. The van der Waals surface area contributed by atoms with Gasteiger partial charge in [-0.05, 0) is 25.1 Å². The van der Waals surface area contributed by atoms with Crippen molar-refractivity contribution < 1.29 is 9.66 Å². The van der Waals surface area contributed by atoms with Crippen molar-refractivity contribution in [3.63, 3.8) is 0 Å². The first-order valence-corrected chi connectivity index (χ1v) is 6.43. The Morgan fingerprint density at radius 3 is 2.64 bits per heavy atom. The Labute approximate surface area is 124 Å². The lowest BCUT2D eigenvalue weighted by Crippen LogP contribution is -2.25. The van der Waals surface area contributed by atoms with Crippen molar-refractivity contribution in [2.45, 2.75) is 6.92 Å². The number of aromatic nitrogens is 2. The first-order chi connectivity index (χ1) is 10.5. The first-order valence-electron chi connectivity index (χ1n) is 6.43. The molecule has 0 bridgehead atoms. The maximum atomic E-state index is 11.5. The van der Waals surface area contributed by atoms with Gasteiger partial charge in [-0.25, -0.2) is 4.79 Å². The van der Waals surface area contributed by atoms with Crippen LogP contribution in [0.3, 0.4) is 0 Å². The predicted octanol–water partition coefficient (Wildman–Crippen LogP) is 1.54. The van der Waals surface area contributed by atoms with Crippen LogP contribution in [-0.4, -0.2) is 21.5 Å². The smallest absolute Gasteiger partial charge is 0.357 e. The van der Waals surface area contributed by atoms with E-state index in [1.807, 2.05) is 11.9 Å². The number of ether oxygens (including phenoxy) is 1. The zero-order valence-corrected chi connectivity index (χ0v) is 11.7. The maximum Gasteiger partial charge on any atom is 0.357 e. The van der Waals surface area contributed by atoms with Gasteiger partial charge in [-0.2, -0.15) is 0 Å². The molecule has 0 aliphatic carbocycles. The van der Waals surface area contributed by atoms with E-state index in [0.29, 0.717) is 17.9 Å². The maximum absolute atomic E-state index is 11.5. The third-order valence-corrected chi connectivity index (χ3v) is 2.78. The van der Waals surface area contributed by atoms with Crippen molar-refractivity contribution in [1.82, 2.24) is 9.97 Å². The fourth-order valence-electron chi connectivity index (χ4n) is 1.88. The molecule has 0 fully saturated rings. The van der Waals surface area contributed by atoms with E-state index >= 15 is 0 Å². The van der Waals surface area contributed by atoms with Gasteiger partial charge in [0.15, 0.2) is 0 Å². The van der Waals surface area contributed by atoms with Gasteiger partial charge in [0.1, 0.15) is 11.4 Å². The summed E-state index contributed by atoms with van der Waals surface area (Å²) in [6, 6.07) is 7.06. The Bertz CT molecular complexity index is 835. The highest BCUT2D eigenvalue weighted by Gasteiger charge is 2.18. The van der Waals surface area contributed by atoms with Gasteiger partial charge in [-0.1, -0.05) is 18.2 Å². The molecule has 114 valence electrons. The highest BCUT2D eigenvalue weighted by atomic mass is 16.6. The molecule has 0 saturated heterocycles. The van der Waals surface area contributed by atoms with Gasteiger partial charge in [0.05, 0.1) is 11.5 Å². The SMILES string of the molecule is CCOc1ccccc1/C=C\c1[nH]c(=O)[nH]c(=O)c1[N+](=O)[O-]. The number of hydrogen-bond acceptors (Lipinski definition) is 5. The predicted molar refractivity (Wildman–Crippen MR) is 80.9 cm³/mol. The van der Waals surface area contributed by atoms with E-state index in [9.17, 15) is 19.7 Å². The minimum atomic E-state index is -1.05. The summed E-state index contributed by atoms with van der Waals surface area (Å²) in [5.41, 5.74) is -2.09. The molecule has 0 saturated carbocycles. The fraction of sp³-hybridized carbons (Fsp3) is 0.143. The van der Waals surface area contributed by atoms with E-state index in [1.165, 1.54) is 12.2 Å². The molecule has 2 N–H and O–H groups in total. The number of benzene rings is 1. The minimum absolute atomic E-state index is 0.176. The van der Waals surface area contributed by atoms with Crippen molar-refractivity contribution in [3.8, 4) is 5.75 Å². The van der Waals surface area contributed by atoms with Crippen molar-refractivity contribution in [2.75, 3.05) is 6.61 Å². The molecular formula is C14H13N3O5. The summed E-state index contributed by atoms with van der Waals surface area (Å²) in [7, 11) is 0. The van der Waals surface area contributed by atoms with Crippen LogP contribution in [0.1, 0.15) is 18.2 Å². The normalized spacial score (nSPS) is 10.8. The molecule has 0 aliphatic rings. The van der Waals surface area contributed by atoms with E-state index in [-0.39, 0.29) is 5.69 Å². The van der Waals surface area contributed by atoms with E-state index in [0.717, 1.165) is 0 Å². The summed E-state index contributed by atoms with van der Waals surface area (Å²) in [5, 5.41) is 10.9. The largest absolute Gasteiger partial charge is 0.493 e. The minimum Gasteiger partial charge on any atom is -0.493 e. The number of para-hydroxylation sites is 1. The Balaban J connectivity index is 2.49. The number of nitro groups is 1. The highest BCUT2D eigenvalue weighted by molar-refractivity contribution is 5.74. The molecule has 0 aliphatic heterocycles. The Kier molecular flexibility index (Phi) is 4.52. The van der Waals surface area contributed by atoms with Crippen LogP contribution in [0.25, 0.3) is 12.2 Å². The summed E-state index contributed by atoms with van der Waals surface area (Å²) in [5.74, 6) is 0.594. The summed E-state index contributed by atoms with van der Waals surface area (Å²) in [4.78, 5) is 36.9. The summed E-state index contributed by atoms with van der Waals surface area (Å²) >= 11 is 0. The van der Waals surface area contributed by atoms with Crippen LogP contribution in [0, 0.1) is 10.1 Å². The number of H-pyrrole nitrogens is 2. The molecule has 8 heteroatoms. The lowest BCUT2D eigenvalue weighted by atomic mass is 10.1. The number of hydrogen-bond donors (Lipinski definition) is 2. The Morgan fingerprint density at radius 1 is 1.23 bits per heavy atom. The third-order valence-electron chi connectivity index (χ3n) is 2.78. The standard InChI is InChI=1S/C14H13N3O5/c1-2-22-11-6-4-3-5-9(11)7-8-10-12(17(20)21)13(18)16-14(19)15-10/h3-8H,2H2,1H3,(H2,15,16,18,19)/b8-7-. The topological polar surface area (TPSA) is 118 Å². The molecule has 22 heavy (non-hydrogen) atoms. The number of aromatic amines is 2. The first kappa shape index (κ1) is 15.2. The molecule has 2 rings (SSSR count). The second kappa shape index (κ2) is 6.53. The molecule has 1 aromatic carbocycles. The summed E-state index contributed by atoms with van der Waals surface area (Å²) in [6.07, 6.45) is 2.83. The van der Waals surface area contributed by atoms with Crippen LogP contribution in [0.4, 0.5) is 5.69 Å². The Morgan fingerprint density at radius 2 is 1.95 bits per heavy atom. The van der Waals surface area contributed by atoms with Gasteiger partial charge in [0.25, 0.3) is 0 Å². The summed E-state index contributed by atoms with van der Waals surface area (Å²) < 4.78 is 5.43. The Hall–Kier alpha value is -3.16. The highest BCUT2D eigenvalue weighted by Crippen LogP contribution is 2.21. The monoisotopic (exact) mass is 303 g/mol. The van der Waals surface area contributed by atoms with E-state index in [2.05, 4.69) is 4.98 Å². The average Bonchev–Trinajstić information content (AvgIpc) is 2.45. The molecule has 0 unspecified atom stereocenters.